The van der Waals surface area contributed by atoms with Crippen molar-refractivity contribution in [3.63, 3.8) is 0 Å². The average molecular weight is 485 g/mol. The zero-order valence-electron chi connectivity index (χ0n) is 17.7. The number of benzene rings is 2. The quantitative estimate of drug-likeness (QED) is 0.474. The van der Waals surface area contributed by atoms with Crippen LogP contribution >= 0.6 is 23.2 Å². The maximum absolute atomic E-state index is 13.7. The van der Waals surface area contributed by atoms with Crippen LogP contribution in [0.3, 0.4) is 0 Å². The van der Waals surface area contributed by atoms with Crippen molar-refractivity contribution in [2.24, 2.45) is 0 Å². The summed E-state index contributed by atoms with van der Waals surface area (Å²) in [6.45, 7) is 3.56. The van der Waals surface area contributed by atoms with E-state index in [1.807, 2.05) is 37.3 Å². The first kappa shape index (κ1) is 24.4. The fourth-order valence-corrected chi connectivity index (χ4v) is 4.54. The third kappa shape index (κ3) is 5.57. The molecule has 1 fully saturated rings. The number of ether oxygens (including phenoxy) is 1. The van der Waals surface area contributed by atoms with Crippen molar-refractivity contribution >= 4 is 35.2 Å². The number of hydrogen-bond donors (Lipinski definition) is 0. The summed E-state index contributed by atoms with van der Waals surface area (Å²) in [7, 11) is 0. The highest BCUT2D eigenvalue weighted by Crippen LogP contribution is 2.35. The van der Waals surface area contributed by atoms with Crippen molar-refractivity contribution < 1.29 is 23.1 Å². The molecule has 0 aliphatic carbocycles. The molecule has 32 heavy (non-hydrogen) atoms. The smallest absolute Gasteiger partial charge is 0.418 e. The monoisotopic (exact) mass is 484 g/mol. The third-order valence-electron chi connectivity index (χ3n) is 5.62. The number of halogens is 4. The predicted octanol–water partition coefficient (Wildman–Crippen LogP) is 6.12. The molecule has 1 aliphatic heterocycles. The zero-order valence-corrected chi connectivity index (χ0v) is 19.2. The van der Waals surface area contributed by atoms with Crippen molar-refractivity contribution in [3.05, 3.63) is 69.7 Å². The summed E-state index contributed by atoms with van der Waals surface area (Å²) in [5.41, 5.74) is 1.49. The molecule has 3 atom stereocenters. The molecule has 0 aromatic heterocycles. The lowest BCUT2D eigenvalue weighted by Crippen LogP contribution is -2.39. The summed E-state index contributed by atoms with van der Waals surface area (Å²) in [5.74, 6) is -0.986. The van der Waals surface area contributed by atoms with Crippen molar-refractivity contribution in [3.8, 4) is 0 Å². The average Bonchev–Trinajstić information content (AvgIpc) is 3.14. The van der Waals surface area contributed by atoms with Gasteiger partial charge in [0.25, 0.3) is 6.43 Å². The van der Waals surface area contributed by atoms with E-state index in [2.05, 4.69) is 0 Å². The van der Waals surface area contributed by atoms with Gasteiger partial charge in [-0.15, -0.1) is 0 Å². The Hall–Kier alpha value is -2.22. The predicted molar refractivity (Wildman–Crippen MR) is 119 cm³/mol. The van der Waals surface area contributed by atoms with Gasteiger partial charge in [-0.2, -0.15) is 0 Å². The van der Waals surface area contributed by atoms with E-state index in [1.165, 1.54) is 0 Å². The molecule has 5 nitrogen and oxygen atoms in total. The number of carbonyl (C=O) groups excluding carboxylic acids is 2. The molecule has 0 saturated carbocycles. The highest BCUT2D eigenvalue weighted by molar-refractivity contribution is 6.36. The Balaban J connectivity index is 1.66. The van der Waals surface area contributed by atoms with Crippen molar-refractivity contribution in [1.82, 2.24) is 9.80 Å². The SMILES string of the molecule is CC(c1ccccc1)N1CC(=O)N(C(=O)OC(C[C@H](C)c2c(Cl)cccc2Cl)C(F)F)C1. The minimum atomic E-state index is -2.93. The maximum Gasteiger partial charge on any atom is 0.418 e. The van der Waals surface area contributed by atoms with Crippen LogP contribution in [0.15, 0.2) is 48.5 Å². The largest absolute Gasteiger partial charge is 0.440 e. The molecule has 2 amide bonds. The van der Waals surface area contributed by atoms with Gasteiger partial charge in [-0.1, -0.05) is 66.5 Å². The summed E-state index contributed by atoms with van der Waals surface area (Å²) in [5, 5.41) is 0.703. The minimum Gasteiger partial charge on any atom is -0.440 e. The van der Waals surface area contributed by atoms with Gasteiger partial charge in [-0.3, -0.25) is 9.69 Å². The van der Waals surface area contributed by atoms with Crippen molar-refractivity contribution in [2.75, 3.05) is 13.2 Å². The second-order valence-electron chi connectivity index (χ2n) is 7.83. The normalized spacial score (nSPS) is 17.5. The Morgan fingerprint density at radius 1 is 1.06 bits per heavy atom. The molecule has 1 heterocycles. The van der Waals surface area contributed by atoms with Crippen LogP contribution in [0.25, 0.3) is 0 Å². The van der Waals surface area contributed by atoms with Gasteiger partial charge in [0.2, 0.25) is 5.91 Å². The lowest BCUT2D eigenvalue weighted by Gasteiger charge is -2.26. The molecule has 2 aromatic rings. The molecule has 1 saturated heterocycles. The number of carbonyl (C=O) groups is 2. The summed E-state index contributed by atoms with van der Waals surface area (Å²) in [6, 6.07) is 14.3. The van der Waals surface area contributed by atoms with E-state index in [0.29, 0.717) is 15.6 Å². The first-order valence-corrected chi connectivity index (χ1v) is 11.0. The van der Waals surface area contributed by atoms with Crippen LogP contribution in [0.4, 0.5) is 13.6 Å². The number of rotatable bonds is 7. The Labute approximate surface area is 195 Å². The summed E-state index contributed by atoms with van der Waals surface area (Å²) in [6.07, 6.45) is -5.92. The van der Waals surface area contributed by atoms with Gasteiger partial charge in [0.05, 0.1) is 13.2 Å². The zero-order chi connectivity index (χ0) is 23.4. The van der Waals surface area contributed by atoms with E-state index in [9.17, 15) is 18.4 Å². The first-order valence-electron chi connectivity index (χ1n) is 10.2. The minimum absolute atomic E-state index is 0.00383. The number of hydrogen-bond acceptors (Lipinski definition) is 4. The first-order chi connectivity index (χ1) is 15.2. The standard InChI is InChI=1S/C23H24Cl2F2N2O3/c1-14(21-17(24)9-6-10-18(21)25)11-19(22(26)27)32-23(31)29-13-28(12-20(29)30)15(2)16-7-4-3-5-8-16/h3-10,14-15,19,22H,11-13H2,1-2H3/t14-,15?,19?/m0/s1. The number of imide groups is 1. The Morgan fingerprint density at radius 2 is 1.69 bits per heavy atom. The Bertz CT molecular complexity index is 941. The molecular weight excluding hydrogens is 461 g/mol. The number of amides is 2. The van der Waals surface area contributed by atoms with Crippen molar-refractivity contribution in [1.29, 1.82) is 0 Å². The lowest BCUT2D eigenvalue weighted by atomic mass is 9.95. The number of alkyl halides is 2. The molecule has 2 unspecified atom stereocenters. The van der Waals surface area contributed by atoms with Crippen LogP contribution < -0.4 is 0 Å². The van der Waals surface area contributed by atoms with Gasteiger partial charge in [0.15, 0.2) is 6.10 Å². The van der Waals surface area contributed by atoms with E-state index < -0.39 is 30.4 Å². The summed E-state index contributed by atoms with van der Waals surface area (Å²) in [4.78, 5) is 27.6. The van der Waals surface area contributed by atoms with E-state index in [4.69, 9.17) is 27.9 Å². The van der Waals surface area contributed by atoms with E-state index >= 15 is 0 Å². The molecule has 172 valence electrons. The van der Waals surface area contributed by atoms with Gasteiger partial charge in [-0.05, 0) is 42.5 Å². The molecule has 9 heteroatoms. The molecular formula is C23H24Cl2F2N2O3. The van der Waals surface area contributed by atoms with Gasteiger partial charge in [0, 0.05) is 16.1 Å². The second kappa shape index (κ2) is 10.6. The molecule has 1 aliphatic rings. The van der Waals surface area contributed by atoms with Gasteiger partial charge in [-0.25, -0.2) is 18.5 Å². The van der Waals surface area contributed by atoms with Crippen LogP contribution in [0.2, 0.25) is 10.0 Å². The second-order valence-corrected chi connectivity index (χ2v) is 8.64. The van der Waals surface area contributed by atoms with E-state index in [-0.39, 0.29) is 25.7 Å². The molecule has 3 rings (SSSR count). The van der Waals surface area contributed by atoms with Crippen LogP contribution in [0.1, 0.15) is 43.4 Å². The Kier molecular flexibility index (Phi) is 8.09. The molecule has 0 N–H and O–H groups in total. The summed E-state index contributed by atoms with van der Waals surface area (Å²) >= 11 is 12.3. The van der Waals surface area contributed by atoms with Crippen molar-refractivity contribution in [2.45, 2.75) is 44.8 Å². The third-order valence-corrected chi connectivity index (χ3v) is 6.28. The fraction of sp³-hybridized carbons (Fsp3) is 0.391. The molecule has 0 spiro atoms. The highest BCUT2D eigenvalue weighted by atomic mass is 35.5. The molecule has 2 aromatic carbocycles. The topological polar surface area (TPSA) is 49.9 Å². The Morgan fingerprint density at radius 3 is 2.28 bits per heavy atom. The van der Waals surface area contributed by atoms with Crippen LogP contribution in [0, 0.1) is 0 Å². The lowest BCUT2D eigenvalue weighted by molar-refractivity contribution is -0.126. The molecule has 0 bridgehead atoms. The number of nitrogens with zero attached hydrogens (tertiary/aromatic N) is 2. The summed E-state index contributed by atoms with van der Waals surface area (Å²) < 4.78 is 32.5. The van der Waals surface area contributed by atoms with Crippen LogP contribution in [0.5, 0.6) is 0 Å². The van der Waals surface area contributed by atoms with Crippen LogP contribution in [-0.4, -0.2) is 47.5 Å². The fourth-order valence-electron chi connectivity index (χ4n) is 3.77. The molecule has 0 radical (unpaired) electrons. The maximum atomic E-state index is 13.7. The van der Waals surface area contributed by atoms with E-state index in [0.717, 1.165) is 10.5 Å². The van der Waals surface area contributed by atoms with Gasteiger partial charge in [0.1, 0.15) is 0 Å². The van der Waals surface area contributed by atoms with Gasteiger partial charge < -0.3 is 4.74 Å². The van der Waals surface area contributed by atoms with Gasteiger partial charge >= 0.3 is 6.09 Å². The van der Waals surface area contributed by atoms with E-state index in [1.54, 1.807) is 30.0 Å². The van der Waals surface area contributed by atoms with Crippen LogP contribution in [-0.2, 0) is 9.53 Å². The highest BCUT2D eigenvalue weighted by Gasteiger charge is 2.38.